The Kier molecular flexibility index (Phi) is 12.7. The van der Waals surface area contributed by atoms with E-state index >= 15 is 0 Å². The lowest BCUT2D eigenvalue weighted by Crippen LogP contribution is -2.36. The number of rotatable bonds is 15. The van der Waals surface area contributed by atoms with Gasteiger partial charge in [-0.2, -0.15) is 0 Å². The molecule has 0 heterocycles. The van der Waals surface area contributed by atoms with Gasteiger partial charge in [-0.15, -0.1) is 26.2 Å². The number of benzene rings is 1. The Morgan fingerprint density at radius 1 is 0.812 bits per heavy atom. The van der Waals surface area contributed by atoms with E-state index in [1.54, 1.807) is 0 Å². The van der Waals surface area contributed by atoms with Gasteiger partial charge in [0, 0.05) is 43.0 Å². The molecule has 12 heteroatoms. The van der Waals surface area contributed by atoms with E-state index < -0.39 is 24.3 Å². The molecule has 0 atom stereocenters. The maximum Gasteiger partial charge on any atom is 0.253 e. The number of anilines is 1. The van der Waals surface area contributed by atoms with Crippen molar-refractivity contribution in [2.45, 2.75) is 0 Å². The van der Waals surface area contributed by atoms with Gasteiger partial charge in [0.05, 0.1) is 0 Å². The quantitative estimate of drug-likeness (QED) is 0.317. The monoisotopic (exact) mass is 446 g/mol. The van der Waals surface area contributed by atoms with Gasteiger partial charge in [-0.1, -0.05) is 0 Å². The second-order valence-corrected chi connectivity index (χ2v) is 6.57. The Morgan fingerprint density at radius 3 is 1.62 bits per heavy atom. The molecule has 0 spiro atoms. The van der Waals surface area contributed by atoms with Crippen molar-refractivity contribution in [3.63, 3.8) is 0 Å². The van der Waals surface area contributed by atoms with Crippen LogP contribution in [0.25, 0.3) is 22.9 Å². The van der Waals surface area contributed by atoms with Crippen molar-refractivity contribution in [3.8, 4) is 0 Å². The Labute approximate surface area is 187 Å². The van der Waals surface area contributed by atoms with E-state index in [0.717, 1.165) is 0 Å². The maximum atomic E-state index is 13.0. The molecule has 0 aromatic heterocycles. The second-order valence-electron chi connectivity index (χ2n) is 6.57. The first-order chi connectivity index (χ1) is 15.4. The molecule has 1 rings (SSSR count). The molecule has 0 unspecified atom stereocenters. The topological polar surface area (TPSA) is 191 Å². The van der Waals surface area contributed by atoms with Crippen molar-refractivity contribution < 1.29 is 23.9 Å². The van der Waals surface area contributed by atoms with Gasteiger partial charge in [0.15, 0.2) is 0 Å². The predicted molar refractivity (Wildman–Crippen MR) is 120 cm³/mol. The third-order valence-corrected chi connectivity index (χ3v) is 4.21. The molecular weight excluding hydrogens is 418 g/mol. The summed E-state index contributed by atoms with van der Waals surface area (Å²) in [6, 6.07) is 4.12. The van der Waals surface area contributed by atoms with E-state index in [-0.39, 0.29) is 75.8 Å². The summed E-state index contributed by atoms with van der Waals surface area (Å²) >= 11 is 0. The van der Waals surface area contributed by atoms with Crippen molar-refractivity contribution in [2.75, 3.05) is 70.9 Å². The summed E-state index contributed by atoms with van der Waals surface area (Å²) in [6.07, 6.45) is 1.49. The first kappa shape index (κ1) is 27.1. The first-order valence-corrected chi connectivity index (χ1v) is 9.96. The summed E-state index contributed by atoms with van der Waals surface area (Å²) in [4.78, 5) is 50.9. The fourth-order valence-corrected chi connectivity index (χ4v) is 2.86. The smallest absolute Gasteiger partial charge is 0.253 e. The van der Waals surface area contributed by atoms with Gasteiger partial charge in [0.2, 0.25) is 5.91 Å². The lowest BCUT2D eigenvalue weighted by atomic mass is 10.1. The standard InChI is InChI=1S/C20H28N7O5/c21-1-5-26(6-2-22)19(30)15-11-16(20(31)27(7-3-23)8-4-24)13-17(12-15)25-18(29)14-32-10-9-28/h11-13,21-24H,1-8,10,14H2,(H,25,29)/q-5. The van der Waals surface area contributed by atoms with Crippen molar-refractivity contribution in [2.24, 2.45) is 0 Å². The SMILES string of the molecule is [NH-]CCN(CC[NH-])C(=O)c1cc(NC(=O)COC[C-]=O)cc(C(=O)N(CC[NH-])CC[NH-])c1. The molecule has 0 bridgehead atoms. The lowest BCUT2D eigenvalue weighted by Gasteiger charge is -2.27. The molecule has 0 aliphatic carbocycles. The third kappa shape index (κ3) is 8.69. The van der Waals surface area contributed by atoms with Gasteiger partial charge in [-0.25, -0.2) is 6.29 Å². The highest BCUT2D eigenvalue weighted by molar-refractivity contribution is 6.03. The molecule has 0 fully saturated rings. The van der Waals surface area contributed by atoms with E-state index in [9.17, 15) is 19.2 Å². The Morgan fingerprint density at radius 2 is 1.25 bits per heavy atom. The molecule has 12 nitrogen and oxygen atoms in total. The number of carbonyl (C=O) groups is 3. The summed E-state index contributed by atoms with van der Waals surface area (Å²) in [6.45, 7) is -0.590. The van der Waals surface area contributed by atoms with E-state index in [0.29, 0.717) is 0 Å². The van der Waals surface area contributed by atoms with Crippen LogP contribution in [0.15, 0.2) is 18.2 Å². The van der Waals surface area contributed by atoms with Gasteiger partial charge in [0.25, 0.3) is 11.8 Å². The summed E-state index contributed by atoms with van der Waals surface area (Å²) in [7, 11) is 0. The highest BCUT2D eigenvalue weighted by Crippen LogP contribution is 2.19. The largest absolute Gasteiger partial charge is 0.676 e. The molecule has 178 valence electrons. The normalized spacial score (nSPS) is 10.5. The molecule has 3 amide bonds. The Balaban J connectivity index is 3.30. The lowest BCUT2D eigenvalue weighted by molar-refractivity contribution is -0.120. The predicted octanol–water partition coefficient (Wildman–Crippen LogP) is 1.84. The van der Waals surface area contributed by atoms with Crippen molar-refractivity contribution in [3.05, 3.63) is 52.3 Å². The molecule has 5 N–H and O–H groups in total. The molecule has 0 radical (unpaired) electrons. The number of amides is 3. The van der Waals surface area contributed by atoms with Gasteiger partial charge in [-0.3, -0.25) is 14.4 Å². The van der Waals surface area contributed by atoms with Crippen molar-refractivity contribution >= 4 is 29.7 Å². The third-order valence-electron chi connectivity index (χ3n) is 4.21. The number of nitrogens with one attached hydrogen (secondary N) is 5. The summed E-state index contributed by atoms with van der Waals surface area (Å²) in [5.41, 5.74) is 29.9. The van der Waals surface area contributed by atoms with Crippen LogP contribution in [-0.4, -0.2) is 99.4 Å². The highest BCUT2D eigenvalue weighted by Gasteiger charge is 2.20. The van der Waals surface area contributed by atoms with Crippen LogP contribution >= 0.6 is 0 Å². The Hall–Kier alpha value is -2.90. The van der Waals surface area contributed by atoms with E-state index in [4.69, 9.17) is 27.7 Å². The van der Waals surface area contributed by atoms with Gasteiger partial charge >= 0.3 is 0 Å². The molecule has 1 aromatic carbocycles. The Bertz CT molecular complexity index is 716. The number of hydrogen-bond donors (Lipinski definition) is 1. The summed E-state index contributed by atoms with van der Waals surface area (Å²) < 4.78 is 4.81. The molecule has 0 saturated carbocycles. The zero-order valence-electron chi connectivity index (χ0n) is 17.7. The zero-order chi connectivity index (χ0) is 23.9. The van der Waals surface area contributed by atoms with Crippen LogP contribution in [0.5, 0.6) is 0 Å². The van der Waals surface area contributed by atoms with Gasteiger partial charge in [0.1, 0.15) is 6.61 Å². The maximum absolute atomic E-state index is 13.0. The highest BCUT2D eigenvalue weighted by atomic mass is 16.5. The van der Waals surface area contributed by atoms with Crippen LogP contribution in [0.4, 0.5) is 5.69 Å². The minimum atomic E-state index is -0.605. The van der Waals surface area contributed by atoms with Crippen LogP contribution in [-0.2, 0) is 14.3 Å². The van der Waals surface area contributed by atoms with Crippen LogP contribution in [0, 0.1) is 0 Å². The van der Waals surface area contributed by atoms with Crippen molar-refractivity contribution in [1.29, 1.82) is 0 Å². The van der Waals surface area contributed by atoms with Crippen LogP contribution < -0.4 is 5.32 Å². The number of carbonyl (C=O) groups excluding carboxylic acids is 4. The van der Waals surface area contributed by atoms with E-state index in [1.807, 2.05) is 0 Å². The average molecular weight is 446 g/mol. The molecule has 1 aromatic rings. The van der Waals surface area contributed by atoms with Crippen molar-refractivity contribution in [1.82, 2.24) is 9.80 Å². The zero-order valence-corrected chi connectivity index (χ0v) is 17.7. The van der Waals surface area contributed by atoms with E-state index in [2.05, 4.69) is 5.32 Å². The fourth-order valence-electron chi connectivity index (χ4n) is 2.86. The molecule has 0 aliphatic heterocycles. The van der Waals surface area contributed by atoms with E-state index in [1.165, 1.54) is 34.3 Å². The molecular formula is C20H28N7O5-5. The summed E-state index contributed by atoms with van der Waals surface area (Å²) in [5.74, 6) is -1.59. The minimum Gasteiger partial charge on any atom is -0.676 e. The second kappa shape index (κ2) is 15.0. The number of hydrogen-bond acceptors (Lipinski definition) is 5. The first-order valence-electron chi connectivity index (χ1n) is 9.96. The molecule has 0 aliphatic rings. The summed E-state index contributed by atoms with van der Waals surface area (Å²) in [5, 5.41) is 2.51. The van der Waals surface area contributed by atoms with Crippen LogP contribution in [0.1, 0.15) is 20.7 Å². The number of ether oxygens (including phenoxy) is 1. The fraction of sp³-hybridized carbons (Fsp3) is 0.500. The molecule has 32 heavy (non-hydrogen) atoms. The average Bonchev–Trinajstić information content (AvgIpc) is 2.77. The molecule has 0 saturated heterocycles. The van der Waals surface area contributed by atoms with Gasteiger partial charge in [-0.05, 0) is 24.8 Å². The number of nitrogens with zero attached hydrogens (tertiary/aromatic N) is 2. The van der Waals surface area contributed by atoms with Crippen LogP contribution in [0.2, 0.25) is 0 Å². The van der Waals surface area contributed by atoms with Crippen LogP contribution in [0.3, 0.4) is 0 Å². The minimum absolute atomic E-state index is 0.0557. The van der Waals surface area contributed by atoms with Gasteiger partial charge < -0.3 is 47.6 Å².